The van der Waals surface area contributed by atoms with E-state index >= 15 is 0 Å². The highest BCUT2D eigenvalue weighted by Gasteiger charge is 2.35. The Morgan fingerprint density at radius 3 is 2.39 bits per heavy atom. The van der Waals surface area contributed by atoms with E-state index < -0.39 is 0 Å². The fourth-order valence-corrected chi connectivity index (χ4v) is 4.53. The smallest absolute Gasteiger partial charge is 0.317 e. The third-order valence-electron chi connectivity index (χ3n) is 6.30. The maximum Gasteiger partial charge on any atom is 0.317 e. The molecule has 28 heavy (non-hydrogen) atoms. The molecule has 0 spiro atoms. The van der Waals surface area contributed by atoms with E-state index in [1.54, 1.807) is 4.90 Å². The molecule has 4 rings (SSSR count). The van der Waals surface area contributed by atoms with Gasteiger partial charge in [-0.25, -0.2) is 9.78 Å². The van der Waals surface area contributed by atoms with Gasteiger partial charge in [0.15, 0.2) is 0 Å². The largest absolute Gasteiger partial charge is 0.367 e. The van der Waals surface area contributed by atoms with E-state index in [0.29, 0.717) is 36.8 Å². The monoisotopic (exact) mass is 386 g/mol. The molecule has 8 nitrogen and oxygen atoms in total. The molecular formula is C20H30N6O2. The number of nitrogens with zero attached hydrogens (tertiary/aromatic N) is 2. The molecule has 0 bridgehead atoms. The number of rotatable bonds is 5. The number of aromatic nitrogens is 2. The van der Waals surface area contributed by atoms with Gasteiger partial charge in [0.25, 0.3) is 5.56 Å². The van der Waals surface area contributed by atoms with Gasteiger partial charge in [0.2, 0.25) is 0 Å². The van der Waals surface area contributed by atoms with Crippen molar-refractivity contribution in [3.63, 3.8) is 0 Å². The molecule has 4 N–H and O–H groups in total. The third-order valence-corrected chi connectivity index (χ3v) is 6.30. The SMILES string of the molecule is N=Cc1c(NC2CCCCC2)nc(C2CN(C(=O)NC3CCCC3)C2)[nH]c1=O. The second kappa shape index (κ2) is 8.32. The predicted octanol–water partition coefficient (Wildman–Crippen LogP) is 2.56. The van der Waals surface area contributed by atoms with Crippen LogP contribution in [0.4, 0.5) is 10.6 Å². The summed E-state index contributed by atoms with van der Waals surface area (Å²) in [6.07, 6.45) is 11.3. The Balaban J connectivity index is 1.41. The lowest BCUT2D eigenvalue weighted by atomic mass is 9.95. The molecule has 2 amide bonds. The number of H-pyrrole nitrogens is 1. The number of aromatic amines is 1. The molecule has 0 aromatic carbocycles. The van der Waals surface area contributed by atoms with Gasteiger partial charge in [-0.15, -0.1) is 0 Å². The van der Waals surface area contributed by atoms with E-state index in [1.165, 1.54) is 32.1 Å². The molecule has 0 atom stereocenters. The van der Waals surface area contributed by atoms with Gasteiger partial charge in [0.05, 0.1) is 11.5 Å². The topological polar surface area (TPSA) is 114 Å². The summed E-state index contributed by atoms with van der Waals surface area (Å²) in [5, 5.41) is 14.1. The fraction of sp³-hybridized carbons (Fsp3) is 0.700. The zero-order valence-corrected chi connectivity index (χ0v) is 16.3. The van der Waals surface area contributed by atoms with Gasteiger partial charge in [-0.1, -0.05) is 32.1 Å². The zero-order valence-electron chi connectivity index (χ0n) is 16.3. The molecule has 2 aliphatic carbocycles. The molecule has 2 heterocycles. The number of urea groups is 1. The average Bonchev–Trinajstić information content (AvgIpc) is 3.14. The summed E-state index contributed by atoms with van der Waals surface area (Å²) in [6.45, 7) is 1.13. The Kier molecular flexibility index (Phi) is 5.64. The van der Waals surface area contributed by atoms with Crippen molar-refractivity contribution in [1.29, 1.82) is 5.41 Å². The summed E-state index contributed by atoms with van der Waals surface area (Å²) < 4.78 is 0. The van der Waals surface area contributed by atoms with E-state index in [-0.39, 0.29) is 23.1 Å². The molecular weight excluding hydrogens is 356 g/mol. The number of anilines is 1. The quantitative estimate of drug-likeness (QED) is 0.582. The van der Waals surface area contributed by atoms with Crippen molar-refractivity contribution in [3.8, 4) is 0 Å². The van der Waals surface area contributed by atoms with Crippen LogP contribution in [0.5, 0.6) is 0 Å². The molecule has 1 aliphatic heterocycles. The van der Waals surface area contributed by atoms with E-state index in [4.69, 9.17) is 5.41 Å². The number of hydrogen-bond donors (Lipinski definition) is 4. The van der Waals surface area contributed by atoms with Crippen LogP contribution in [0, 0.1) is 5.41 Å². The standard InChI is InChI=1S/C20H30N6O2/c21-10-16-18(22-14-6-2-1-3-7-14)24-17(25-19(16)27)13-11-26(12-13)20(28)23-15-8-4-5-9-15/h10,13-15,21H,1-9,11-12H2,(H,23,28)(H2,22,24,25,27). The number of carbonyl (C=O) groups is 1. The van der Waals surface area contributed by atoms with Crippen LogP contribution in [-0.2, 0) is 0 Å². The van der Waals surface area contributed by atoms with Crippen LogP contribution in [-0.4, -0.2) is 52.3 Å². The molecule has 2 saturated carbocycles. The first kappa shape index (κ1) is 19.0. The number of nitrogens with one attached hydrogen (secondary N) is 4. The van der Waals surface area contributed by atoms with Crippen LogP contribution in [0.2, 0.25) is 0 Å². The van der Waals surface area contributed by atoms with Crippen molar-refractivity contribution in [2.24, 2.45) is 0 Å². The lowest BCUT2D eigenvalue weighted by molar-refractivity contribution is 0.145. The van der Waals surface area contributed by atoms with Crippen molar-refractivity contribution in [3.05, 3.63) is 21.7 Å². The molecule has 3 aliphatic rings. The molecule has 1 aromatic rings. The minimum Gasteiger partial charge on any atom is -0.367 e. The highest BCUT2D eigenvalue weighted by atomic mass is 16.2. The molecule has 152 valence electrons. The van der Waals surface area contributed by atoms with Crippen molar-refractivity contribution >= 4 is 18.1 Å². The van der Waals surface area contributed by atoms with E-state index in [1.807, 2.05) is 0 Å². The first-order chi connectivity index (χ1) is 13.6. The van der Waals surface area contributed by atoms with E-state index in [0.717, 1.165) is 31.9 Å². The Bertz CT molecular complexity index is 773. The summed E-state index contributed by atoms with van der Waals surface area (Å²) >= 11 is 0. The summed E-state index contributed by atoms with van der Waals surface area (Å²) in [5.41, 5.74) is -0.00311. The summed E-state index contributed by atoms with van der Waals surface area (Å²) in [6, 6.07) is 0.606. The van der Waals surface area contributed by atoms with Crippen molar-refractivity contribution in [2.75, 3.05) is 18.4 Å². The fourth-order valence-electron chi connectivity index (χ4n) is 4.53. The maximum atomic E-state index is 12.4. The van der Waals surface area contributed by atoms with Crippen molar-refractivity contribution in [2.45, 2.75) is 75.8 Å². The number of likely N-dealkylation sites (tertiary alicyclic amines) is 1. The average molecular weight is 387 g/mol. The van der Waals surface area contributed by atoms with Crippen LogP contribution in [0.1, 0.15) is 75.1 Å². The number of amides is 2. The minimum atomic E-state index is -0.285. The van der Waals surface area contributed by atoms with E-state index in [2.05, 4.69) is 20.6 Å². The Morgan fingerprint density at radius 1 is 1.07 bits per heavy atom. The first-order valence-electron chi connectivity index (χ1n) is 10.6. The van der Waals surface area contributed by atoms with Crippen LogP contribution in [0.3, 0.4) is 0 Å². The lowest BCUT2D eigenvalue weighted by Crippen LogP contribution is -2.54. The maximum absolute atomic E-state index is 12.4. The van der Waals surface area contributed by atoms with Crippen LogP contribution < -0.4 is 16.2 Å². The van der Waals surface area contributed by atoms with Gasteiger partial charge in [-0.2, -0.15) is 0 Å². The third kappa shape index (κ3) is 4.05. The van der Waals surface area contributed by atoms with Gasteiger partial charge in [-0.05, 0) is 25.7 Å². The summed E-state index contributed by atoms with van der Waals surface area (Å²) in [4.78, 5) is 34.0. The first-order valence-corrected chi connectivity index (χ1v) is 10.6. The van der Waals surface area contributed by atoms with Crippen LogP contribution >= 0.6 is 0 Å². The molecule has 0 unspecified atom stereocenters. The number of hydrogen-bond acceptors (Lipinski definition) is 5. The molecule has 3 fully saturated rings. The second-order valence-electron chi connectivity index (χ2n) is 8.37. The second-order valence-corrected chi connectivity index (χ2v) is 8.37. The molecule has 1 saturated heterocycles. The normalized spacial score (nSPS) is 21.4. The zero-order chi connectivity index (χ0) is 19.5. The Hall–Kier alpha value is -2.38. The highest BCUT2D eigenvalue weighted by molar-refractivity contribution is 5.83. The molecule has 0 radical (unpaired) electrons. The summed E-state index contributed by atoms with van der Waals surface area (Å²) in [7, 11) is 0. The summed E-state index contributed by atoms with van der Waals surface area (Å²) in [5.74, 6) is 1.15. The van der Waals surface area contributed by atoms with Crippen molar-refractivity contribution < 1.29 is 4.79 Å². The van der Waals surface area contributed by atoms with Gasteiger partial charge in [0.1, 0.15) is 11.6 Å². The van der Waals surface area contributed by atoms with Crippen molar-refractivity contribution in [1.82, 2.24) is 20.2 Å². The predicted molar refractivity (Wildman–Crippen MR) is 108 cm³/mol. The lowest BCUT2D eigenvalue weighted by Gasteiger charge is -2.39. The van der Waals surface area contributed by atoms with Gasteiger partial charge >= 0.3 is 6.03 Å². The number of carbonyl (C=O) groups excluding carboxylic acids is 1. The van der Waals surface area contributed by atoms with Crippen LogP contribution in [0.25, 0.3) is 0 Å². The van der Waals surface area contributed by atoms with Gasteiger partial charge < -0.3 is 25.9 Å². The highest BCUT2D eigenvalue weighted by Crippen LogP contribution is 2.27. The molecule has 8 heteroatoms. The van der Waals surface area contributed by atoms with Crippen LogP contribution in [0.15, 0.2) is 4.79 Å². The van der Waals surface area contributed by atoms with E-state index in [9.17, 15) is 9.59 Å². The Labute approximate surface area is 165 Å². The van der Waals surface area contributed by atoms with Gasteiger partial charge in [0, 0.05) is 31.4 Å². The minimum absolute atomic E-state index is 0.0119. The molecule has 1 aromatic heterocycles. The van der Waals surface area contributed by atoms with Gasteiger partial charge in [-0.3, -0.25) is 4.79 Å². The Morgan fingerprint density at radius 2 is 1.71 bits per heavy atom.